The minimum atomic E-state index is -4.42. The van der Waals surface area contributed by atoms with Gasteiger partial charge in [-0.15, -0.1) is 0 Å². The van der Waals surface area contributed by atoms with Crippen LogP contribution < -0.4 is 4.74 Å². The van der Waals surface area contributed by atoms with Crippen LogP contribution in [-0.2, 0) is 10.9 Å². The molecule has 3 rings (SSSR count). The van der Waals surface area contributed by atoms with Crippen LogP contribution in [0.25, 0.3) is 10.8 Å². The summed E-state index contributed by atoms with van der Waals surface area (Å²) in [4.78, 5) is 16.0. The van der Waals surface area contributed by atoms with Gasteiger partial charge in [0.05, 0.1) is 12.2 Å². The minimum absolute atomic E-state index is 0.176. The fourth-order valence-corrected chi connectivity index (χ4v) is 2.62. The van der Waals surface area contributed by atoms with Crippen molar-refractivity contribution >= 4 is 16.7 Å². The fourth-order valence-electron chi connectivity index (χ4n) is 2.62. The van der Waals surface area contributed by atoms with E-state index in [1.807, 2.05) is 6.92 Å². The third-order valence-electron chi connectivity index (χ3n) is 4.18. The summed E-state index contributed by atoms with van der Waals surface area (Å²) in [6.45, 7) is 2.21. The van der Waals surface area contributed by atoms with Gasteiger partial charge in [0, 0.05) is 17.0 Å². The molecule has 1 aromatic heterocycles. The highest BCUT2D eigenvalue weighted by atomic mass is 19.4. The molecule has 1 heterocycles. The highest BCUT2D eigenvalue weighted by Gasteiger charge is 2.30. The van der Waals surface area contributed by atoms with Crippen LogP contribution in [0.2, 0.25) is 0 Å². The number of aromatic nitrogens is 1. The first-order valence-corrected chi connectivity index (χ1v) is 8.93. The molecule has 1 N–H and O–H groups in total. The van der Waals surface area contributed by atoms with Crippen LogP contribution in [0, 0.1) is 0 Å². The van der Waals surface area contributed by atoms with Crippen molar-refractivity contribution in [3.8, 4) is 17.2 Å². The maximum absolute atomic E-state index is 12.6. The van der Waals surface area contributed by atoms with Crippen molar-refractivity contribution in [2.75, 3.05) is 6.61 Å². The van der Waals surface area contributed by atoms with Crippen LogP contribution in [-0.4, -0.2) is 22.7 Å². The van der Waals surface area contributed by atoms with E-state index in [1.54, 1.807) is 6.07 Å². The molecule has 0 fully saturated rings. The van der Waals surface area contributed by atoms with E-state index in [1.165, 1.54) is 30.5 Å². The normalized spacial score (nSPS) is 11.4. The number of benzene rings is 2. The molecule has 2 aromatic carbocycles. The first kappa shape index (κ1) is 20.4. The summed E-state index contributed by atoms with van der Waals surface area (Å²) in [5.74, 6) is -0.435. The summed E-state index contributed by atoms with van der Waals surface area (Å²) in [6.07, 6.45) is -1.44. The zero-order valence-corrected chi connectivity index (χ0v) is 15.5. The molecule has 0 saturated heterocycles. The van der Waals surface area contributed by atoms with Gasteiger partial charge in [0.15, 0.2) is 11.4 Å². The molecule has 0 aliphatic carbocycles. The average molecular weight is 405 g/mol. The van der Waals surface area contributed by atoms with Crippen molar-refractivity contribution in [2.45, 2.75) is 25.9 Å². The zero-order valence-electron chi connectivity index (χ0n) is 15.5. The number of alkyl halides is 3. The summed E-state index contributed by atoms with van der Waals surface area (Å²) in [5.41, 5.74) is -0.944. The minimum Gasteiger partial charge on any atom is -0.505 e. The number of aromatic hydroxyl groups is 1. The summed E-state index contributed by atoms with van der Waals surface area (Å²) in [6, 6.07) is 8.93. The van der Waals surface area contributed by atoms with E-state index in [0.29, 0.717) is 22.9 Å². The van der Waals surface area contributed by atoms with Gasteiger partial charge in [-0.25, -0.2) is 9.78 Å². The number of hydrogen-bond donors (Lipinski definition) is 1. The Labute approximate surface area is 164 Å². The van der Waals surface area contributed by atoms with Crippen LogP contribution >= 0.6 is 0 Å². The lowest BCUT2D eigenvalue weighted by molar-refractivity contribution is -0.137. The van der Waals surface area contributed by atoms with Crippen molar-refractivity contribution in [3.63, 3.8) is 0 Å². The second kappa shape index (κ2) is 8.38. The number of esters is 1. The number of carbonyl (C=O) groups is 1. The van der Waals surface area contributed by atoms with E-state index in [0.717, 1.165) is 18.6 Å². The average Bonchev–Trinajstić information content (AvgIpc) is 2.68. The highest BCUT2D eigenvalue weighted by Crippen LogP contribution is 2.34. The molecule has 3 aromatic rings. The van der Waals surface area contributed by atoms with E-state index >= 15 is 0 Å². The molecule has 5 nitrogen and oxygen atoms in total. The SMILES string of the molecule is CCCCOC(=O)c1ncc2cc(Oc3ccc(C(F)(F)F)cc3)ccc2c1O. The Kier molecular flexibility index (Phi) is 5.91. The topological polar surface area (TPSA) is 68.7 Å². The summed E-state index contributed by atoms with van der Waals surface area (Å²) in [7, 11) is 0. The van der Waals surface area contributed by atoms with Crippen molar-refractivity contribution in [1.82, 2.24) is 4.98 Å². The number of nitrogens with zero attached hydrogens (tertiary/aromatic N) is 1. The number of ether oxygens (including phenoxy) is 2. The van der Waals surface area contributed by atoms with E-state index in [4.69, 9.17) is 9.47 Å². The number of pyridine rings is 1. The van der Waals surface area contributed by atoms with Crippen LogP contribution in [0.1, 0.15) is 35.8 Å². The Morgan fingerprint density at radius 1 is 1.10 bits per heavy atom. The van der Waals surface area contributed by atoms with E-state index < -0.39 is 17.7 Å². The number of carbonyl (C=O) groups excluding carboxylic acids is 1. The molecule has 0 atom stereocenters. The lowest BCUT2D eigenvalue weighted by Gasteiger charge is -2.11. The predicted octanol–water partition coefficient (Wildman–Crippen LogP) is 5.71. The number of halogens is 3. The van der Waals surface area contributed by atoms with Gasteiger partial charge in [0.2, 0.25) is 0 Å². The van der Waals surface area contributed by atoms with Gasteiger partial charge < -0.3 is 14.6 Å². The van der Waals surface area contributed by atoms with Crippen molar-refractivity contribution in [1.29, 1.82) is 0 Å². The Morgan fingerprint density at radius 2 is 1.79 bits per heavy atom. The smallest absolute Gasteiger partial charge is 0.416 e. The highest BCUT2D eigenvalue weighted by molar-refractivity contribution is 5.99. The van der Waals surface area contributed by atoms with Gasteiger partial charge >= 0.3 is 12.1 Å². The van der Waals surface area contributed by atoms with Gasteiger partial charge in [-0.1, -0.05) is 13.3 Å². The molecule has 8 heteroatoms. The van der Waals surface area contributed by atoms with Crippen molar-refractivity contribution < 1.29 is 32.5 Å². The van der Waals surface area contributed by atoms with E-state index in [2.05, 4.69) is 4.98 Å². The molecule has 0 aliphatic rings. The second-order valence-electron chi connectivity index (χ2n) is 6.32. The molecule has 0 amide bonds. The molecule has 0 spiro atoms. The van der Waals surface area contributed by atoms with Crippen LogP contribution in [0.3, 0.4) is 0 Å². The van der Waals surface area contributed by atoms with E-state index in [-0.39, 0.29) is 23.8 Å². The monoisotopic (exact) mass is 405 g/mol. The van der Waals surface area contributed by atoms with Crippen LogP contribution in [0.5, 0.6) is 17.2 Å². The molecule has 0 aliphatic heterocycles. The molecule has 0 bridgehead atoms. The van der Waals surface area contributed by atoms with Gasteiger partial charge in [0.25, 0.3) is 0 Å². The van der Waals surface area contributed by atoms with Crippen molar-refractivity contribution in [2.24, 2.45) is 0 Å². The summed E-state index contributed by atoms with van der Waals surface area (Å²) < 4.78 is 48.5. The number of rotatable bonds is 6. The first-order valence-electron chi connectivity index (χ1n) is 8.93. The van der Waals surface area contributed by atoms with Gasteiger partial charge in [-0.05, 0) is 48.9 Å². The predicted molar refractivity (Wildman–Crippen MR) is 100 cm³/mol. The third-order valence-corrected chi connectivity index (χ3v) is 4.18. The van der Waals surface area contributed by atoms with Crippen molar-refractivity contribution in [3.05, 3.63) is 59.9 Å². The van der Waals surface area contributed by atoms with Gasteiger partial charge in [-0.3, -0.25) is 0 Å². The molecular formula is C21H18F3NO4. The largest absolute Gasteiger partial charge is 0.505 e. The first-order chi connectivity index (χ1) is 13.8. The third kappa shape index (κ3) is 4.77. The Morgan fingerprint density at radius 3 is 2.45 bits per heavy atom. The maximum atomic E-state index is 12.6. The summed E-state index contributed by atoms with van der Waals surface area (Å²) >= 11 is 0. The van der Waals surface area contributed by atoms with Crippen LogP contribution in [0.15, 0.2) is 48.7 Å². The Bertz CT molecular complexity index is 1020. The second-order valence-corrected chi connectivity index (χ2v) is 6.32. The molecule has 29 heavy (non-hydrogen) atoms. The van der Waals surface area contributed by atoms with Gasteiger partial charge in [-0.2, -0.15) is 13.2 Å². The number of unbranched alkanes of at least 4 members (excludes halogenated alkanes) is 1. The van der Waals surface area contributed by atoms with Gasteiger partial charge in [0.1, 0.15) is 11.5 Å². The lowest BCUT2D eigenvalue weighted by Crippen LogP contribution is -2.08. The lowest BCUT2D eigenvalue weighted by atomic mass is 10.1. The maximum Gasteiger partial charge on any atom is 0.416 e. The standard InChI is InChI=1S/C21H18F3NO4/c1-2-3-10-28-20(27)18-19(26)17-9-8-16(11-13(17)12-25-18)29-15-6-4-14(5-7-15)21(22,23)24/h4-9,11-12,26H,2-3,10H2,1H3. The zero-order chi connectivity index (χ0) is 21.0. The number of hydrogen-bond acceptors (Lipinski definition) is 5. The molecular weight excluding hydrogens is 387 g/mol. The van der Waals surface area contributed by atoms with E-state index in [9.17, 15) is 23.1 Å². The molecule has 0 radical (unpaired) electrons. The summed E-state index contributed by atoms with van der Waals surface area (Å²) in [5, 5.41) is 11.2. The number of fused-ring (bicyclic) bond motifs is 1. The quantitative estimate of drug-likeness (QED) is 0.420. The fraction of sp³-hybridized carbons (Fsp3) is 0.238. The Balaban J connectivity index is 1.80. The van der Waals surface area contributed by atoms with Crippen LogP contribution in [0.4, 0.5) is 13.2 Å². The molecule has 0 saturated carbocycles. The Hall–Kier alpha value is -3.29. The molecule has 152 valence electrons. The molecule has 0 unspecified atom stereocenters.